The number of carbonyl (C=O) groups is 2. The standard InChI is InChI=1S/C16H11BrN2O2/c1-9-6-7-12(18)19(8-9)14-13(17)15(20)10-4-2-3-5-11(10)16(14)21/h2-8,18H,1H3/p+1. The van der Waals surface area contributed by atoms with E-state index in [1.807, 2.05) is 13.0 Å². The summed E-state index contributed by atoms with van der Waals surface area (Å²) in [5.41, 5.74) is 7.95. The van der Waals surface area contributed by atoms with Gasteiger partial charge in [-0.1, -0.05) is 24.3 Å². The van der Waals surface area contributed by atoms with Crippen LogP contribution in [0.3, 0.4) is 0 Å². The lowest BCUT2D eigenvalue weighted by Crippen LogP contribution is -2.42. The zero-order valence-electron chi connectivity index (χ0n) is 11.3. The number of ketones is 2. The number of aromatic nitrogens is 1. The summed E-state index contributed by atoms with van der Waals surface area (Å²) in [5, 5.41) is 0. The number of fused-ring (bicyclic) bond motifs is 1. The monoisotopic (exact) mass is 343 g/mol. The Hall–Kier alpha value is -2.27. The van der Waals surface area contributed by atoms with Gasteiger partial charge in [0.15, 0.2) is 5.70 Å². The molecule has 1 aromatic heterocycles. The minimum absolute atomic E-state index is 0.214. The summed E-state index contributed by atoms with van der Waals surface area (Å²) in [5.74, 6) is -0.0407. The van der Waals surface area contributed by atoms with E-state index in [1.165, 1.54) is 0 Å². The molecule has 0 saturated heterocycles. The first-order chi connectivity index (χ1) is 10.0. The number of carbonyl (C=O) groups excluding carboxylic acids is 2. The van der Waals surface area contributed by atoms with E-state index >= 15 is 0 Å². The molecule has 1 aliphatic rings. The third-order valence-electron chi connectivity index (χ3n) is 3.41. The third kappa shape index (κ3) is 2.10. The van der Waals surface area contributed by atoms with Crippen molar-refractivity contribution in [1.82, 2.24) is 0 Å². The minimum Gasteiger partial charge on any atom is -0.288 e. The van der Waals surface area contributed by atoms with Crippen LogP contribution in [0.4, 0.5) is 5.82 Å². The average Bonchev–Trinajstić information content (AvgIpc) is 2.49. The Morgan fingerprint density at radius 1 is 1.00 bits per heavy atom. The highest BCUT2D eigenvalue weighted by Gasteiger charge is 2.35. The fraction of sp³-hybridized carbons (Fsp3) is 0.0625. The van der Waals surface area contributed by atoms with Crippen molar-refractivity contribution in [3.05, 3.63) is 63.8 Å². The SMILES string of the molecule is Cc1ccc(N)[n+](C2=C(Br)C(=O)c3ccccc3C2=O)c1. The van der Waals surface area contributed by atoms with Gasteiger partial charge in [0.25, 0.3) is 5.82 Å². The number of hydrogen-bond donors (Lipinski definition) is 1. The van der Waals surface area contributed by atoms with Crippen LogP contribution in [0.2, 0.25) is 0 Å². The number of nitrogens with two attached hydrogens (primary N) is 1. The molecule has 21 heavy (non-hydrogen) atoms. The zero-order valence-corrected chi connectivity index (χ0v) is 12.8. The molecule has 0 radical (unpaired) electrons. The summed E-state index contributed by atoms with van der Waals surface area (Å²) in [4.78, 5) is 25.2. The van der Waals surface area contributed by atoms with Crippen molar-refractivity contribution in [3.63, 3.8) is 0 Å². The molecule has 1 aliphatic carbocycles. The van der Waals surface area contributed by atoms with Gasteiger partial charge >= 0.3 is 0 Å². The molecular formula is C16H12BrN2O2+. The van der Waals surface area contributed by atoms with Gasteiger partial charge in [0.1, 0.15) is 4.48 Å². The quantitative estimate of drug-likeness (QED) is 0.809. The van der Waals surface area contributed by atoms with Gasteiger partial charge < -0.3 is 0 Å². The summed E-state index contributed by atoms with van der Waals surface area (Å²) >= 11 is 3.26. The van der Waals surface area contributed by atoms with Crippen molar-refractivity contribution in [2.75, 3.05) is 5.73 Å². The second-order valence-electron chi connectivity index (χ2n) is 4.87. The van der Waals surface area contributed by atoms with Crippen molar-refractivity contribution in [1.29, 1.82) is 0 Å². The zero-order chi connectivity index (χ0) is 15.1. The molecule has 0 spiro atoms. The number of nitrogens with zero attached hydrogens (tertiary/aromatic N) is 1. The first-order valence-corrected chi connectivity index (χ1v) is 7.16. The Morgan fingerprint density at radius 2 is 1.62 bits per heavy atom. The van der Waals surface area contributed by atoms with Gasteiger partial charge in [-0.15, -0.1) is 0 Å². The topological polar surface area (TPSA) is 64.0 Å². The molecule has 1 heterocycles. The Morgan fingerprint density at radius 3 is 2.29 bits per heavy atom. The fourth-order valence-corrected chi connectivity index (χ4v) is 2.94. The number of hydrogen-bond acceptors (Lipinski definition) is 3. The summed E-state index contributed by atoms with van der Waals surface area (Å²) in [6, 6.07) is 10.3. The molecule has 5 heteroatoms. The number of halogens is 1. The highest BCUT2D eigenvalue weighted by Crippen LogP contribution is 2.30. The van der Waals surface area contributed by atoms with E-state index in [4.69, 9.17) is 5.73 Å². The number of allylic oxidation sites excluding steroid dienone is 2. The van der Waals surface area contributed by atoms with Gasteiger partial charge in [0, 0.05) is 17.2 Å². The Kier molecular flexibility index (Phi) is 3.22. The molecule has 2 aromatic rings. The van der Waals surface area contributed by atoms with E-state index in [9.17, 15) is 9.59 Å². The van der Waals surface area contributed by atoms with Crippen LogP contribution in [-0.4, -0.2) is 11.6 Å². The molecule has 2 N–H and O–H groups in total. The maximum atomic E-state index is 12.7. The van der Waals surface area contributed by atoms with Crippen LogP contribution in [0.1, 0.15) is 26.3 Å². The number of nitrogen functional groups attached to an aromatic ring is 1. The smallest absolute Gasteiger partial charge is 0.277 e. The molecule has 0 aliphatic heterocycles. The van der Waals surface area contributed by atoms with Crippen LogP contribution >= 0.6 is 15.9 Å². The molecule has 0 bridgehead atoms. The van der Waals surface area contributed by atoms with Crippen molar-refractivity contribution in [3.8, 4) is 0 Å². The second kappa shape index (κ2) is 4.93. The van der Waals surface area contributed by atoms with Gasteiger partial charge in [0.2, 0.25) is 11.6 Å². The van der Waals surface area contributed by atoms with E-state index < -0.39 is 0 Å². The normalized spacial score (nSPS) is 14.4. The molecule has 0 amide bonds. The number of aryl methyl sites for hydroxylation is 1. The number of pyridine rings is 1. The number of anilines is 1. The highest BCUT2D eigenvalue weighted by atomic mass is 79.9. The maximum Gasteiger partial charge on any atom is 0.277 e. The highest BCUT2D eigenvalue weighted by molar-refractivity contribution is 9.12. The Labute approximate surface area is 130 Å². The van der Waals surface area contributed by atoms with Crippen LogP contribution < -0.4 is 10.3 Å². The fourth-order valence-electron chi connectivity index (χ4n) is 2.36. The maximum absolute atomic E-state index is 12.7. The van der Waals surface area contributed by atoms with E-state index in [1.54, 1.807) is 41.1 Å². The summed E-state index contributed by atoms with van der Waals surface area (Å²) < 4.78 is 1.78. The summed E-state index contributed by atoms with van der Waals surface area (Å²) in [7, 11) is 0. The molecule has 104 valence electrons. The summed E-state index contributed by atoms with van der Waals surface area (Å²) in [6.45, 7) is 1.90. The van der Waals surface area contributed by atoms with E-state index in [0.717, 1.165) is 5.56 Å². The molecule has 4 nitrogen and oxygen atoms in total. The van der Waals surface area contributed by atoms with Crippen LogP contribution in [0.5, 0.6) is 0 Å². The molecule has 3 rings (SSSR count). The minimum atomic E-state index is -0.223. The number of Topliss-reactive ketones (excluding diaryl/α,β-unsaturated/α-hetero) is 2. The van der Waals surface area contributed by atoms with Gasteiger partial charge in [-0.05, 0) is 34.5 Å². The van der Waals surface area contributed by atoms with Crippen molar-refractivity contribution >= 4 is 39.0 Å². The van der Waals surface area contributed by atoms with Crippen molar-refractivity contribution in [2.45, 2.75) is 6.92 Å². The van der Waals surface area contributed by atoms with E-state index in [0.29, 0.717) is 16.9 Å². The Bertz CT molecular complexity index is 825. The van der Waals surface area contributed by atoms with Crippen molar-refractivity contribution in [2.24, 2.45) is 0 Å². The van der Waals surface area contributed by atoms with Crippen LogP contribution in [0, 0.1) is 6.92 Å². The molecule has 0 fully saturated rings. The first-order valence-electron chi connectivity index (χ1n) is 6.37. The van der Waals surface area contributed by atoms with Crippen molar-refractivity contribution < 1.29 is 14.2 Å². The van der Waals surface area contributed by atoms with Gasteiger partial charge in [-0.3, -0.25) is 15.3 Å². The lowest BCUT2D eigenvalue weighted by Gasteiger charge is -2.16. The van der Waals surface area contributed by atoms with Crippen LogP contribution in [0.15, 0.2) is 47.1 Å². The molecule has 0 saturated carbocycles. The Balaban J connectivity index is 2.28. The molecule has 1 aromatic carbocycles. The first kappa shape index (κ1) is 13.7. The number of rotatable bonds is 1. The van der Waals surface area contributed by atoms with E-state index in [-0.39, 0.29) is 21.7 Å². The van der Waals surface area contributed by atoms with E-state index in [2.05, 4.69) is 15.9 Å². The average molecular weight is 344 g/mol. The number of benzene rings is 1. The van der Waals surface area contributed by atoms with Gasteiger partial charge in [-0.25, -0.2) is 0 Å². The molecular weight excluding hydrogens is 332 g/mol. The summed E-state index contributed by atoms with van der Waals surface area (Å²) in [6.07, 6.45) is 1.74. The third-order valence-corrected chi connectivity index (χ3v) is 4.14. The predicted octanol–water partition coefficient (Wildman–Crippen LogP) is 2.51. The van der Waals surface area contributed by atoms with Gasteiger partial charge in [0.05, 0.1) is 6.20 Å². The lowest BCUT2D eigenvalue weighted by atomic mass is 9.92. The molecule has 0 unspecified atom stereocenters. The van der Waals surface area contributed by atoms with Crippen LogP contribution in [0.25, 0.3) is 5.70 Å². The second-order valence-corrected chi connectivity index (χ2v) is 5.66. The largest absolute Gasteiger partial charge is 0.288 e. The molecule has 0 atom stereocenters. The predicted molar refractivity (Wildman–Crippen MR) is 83.0 cm³/mol. The van der Waals surface area contributed by atoms with Gasteiger partial charge in [-0.2, -0.15) is 4.57 Å². The van der Waals surface area contributed by atoms with Crippen LogP contribution in [-0.2, 0) is 0 Å². The lowest BCUT2D eigenvalue weighted by molar-refractivity contribution is -0.561.